The lowest BCUT2D eigenvalue weighted by Gasteiger charge is -2.53. The highest BCUT2D eigenvalue weighted by Gasteiger charge is 2.63. The minimum Gasteiger partial charge on any atom is -0.366 e. The molecule has 0 aliphatic carbocycles. The summed E-state index contributed by atoms with van der Waals surface area (Å²) in [7, 11) is 0. The molecule has 1 N–H and O–H groups in total. The number of nitro groups is 1. The van der Waals surface area contributed by atoms with Crippen molar-refractivity contribution >= 4 is 34.9 Å². The average Bonchev–Trinajstić information content (AvgIpc) is 2.77. The number of hydrogen-bond acceptors (Lipinski definition) is 6. The van der Waals surface area contributed by atoms with E-state index in [-0.39, 0.29) is 23.9 Å². The molecule has 0 unspecified atom stereocenters. The fraction of sp³-hybridized carbons (Fsp3) is 0.400. The van der Waals surface area contributed by atoms with Gasteiger partial charge in [-0.05, 0) is 35.6 Å². The van der Waals surface area contributed by atoms with Gasteiger partial charge < -0.3 is 4.90 Å². The number of imide groups is 2. The van der Waals surface area contributed by atoms with Crippen molar-refractivity contribution in [1.29, 1.82) is 0 Å². The van der Waals surface area contributed by atoms with Crippen molar-refractivity contribution in [3.8, 4) is 0 Å². The Morgan fingerprint density at radius 1 is 1.09 bits per heavy atom. The van der Waals surface area contributed by atoms with Crippen molar-refractivity contribution in [2.45, 2.75) is 40.2 Å². The Balaban J connectivity index is 1.96. The Labute approximate surface area is 197 Å². The van der Waals surface area contributed by atoms with E-state index in [1.807, 2.05) is 32.6 Å². The molecule has 2 aliphatic heterocycles. The van der Waals surface area contributed by atoms with Crippen LogP contribution in [-0.2, 0) is 16.0 Å². The van der Waals surface area contributed by atoms with E-state index in [0.717, 1.165) is 10.6 Å². The summed E-state index contributed by atoms with van der Waals surface area (Å²) in [4.78, 5) is 54.7. The molecule has 1 spiro atoms. The number of nitro benzene ring substituents is 1. The number of urea groups is 1. The van der Waals surface area contributed by atoms with Crippen molar-refractivity contribution < 1.29 is 19.3 Å². The summed E-state index contributed by atoms with van der Waals surface area (Å²) < 4.78 is 0. The zero-order valence-corrected chi connectivity index (χ0v) is 19.6. The van der Waals surface area contributed by atoms with Crippen LogP contribution < -0.4 is 15.1 Å². The molecule has 2 aromatic rings. The molecule has 34 heavy (non-hydrogen) atoms. The molecular weight excluding hydrogens is 436 g/mol. The zero-order chi connectivity index (χ0) is 24.8. The fourth-order valence-electron chi connectivity index (χ4n) is 5.34. The molecule has 178 valence electrons. The first-order chi connectivity index (χ1) is 16.1. The van der Waals surface area contributed by atoms with E-state index < -0.39 is 34.2 Å². The van der Waals surface area contributed by atoms with E-state index in [9.17, 15) is 24.5 Å². The molecule has 0 aromatic heterocycles. The standard InChI is InChI=1S/C25H28N4O5/c1-15(2)14-27-20-11-10-19(29(33)34)12-17(20)13-25(21(27)16(3)4)22(30)26-24(32)28(23(25)31)18-8-6-5-7-9-18/h5-12,15-16,21H,13-14H2,1-4H3,(H,26,30,32)/t21-,25-/m1/s1. The SMILES string of the molecule is CC(C)CN1c2ccc([N+](=O)[O-])cc2C[C@]2(C(=O)NC(=O)N(c3ccccc3)C2=O)[C@H]1C(C)C. The van der Waals surface area contributed by atoms with Gasteiger partial charge in [0.2, 0.25) is 5.91 Å². The van der Waals surface area contributed by atoms with Crippen LogP contribution in [0.25, 0.3) is 0 Å². The van der Waals surface area contributed by atoms with Crippen LogP contribution >= 0.6 is 0 Å². The summed E-state index contributed by atoms with van der Waals surface area (Å²) in [6, 6.07) is 11.7. The Morgan fingerprint density at radius 3 is 2.35 bits per heavy atom. The number of non-ortho nitro benzene ring substituents is 1. The molecule has 2 atom stereocenters. The molecule has 2 heterocycles. The minimum absolute atomic E-state index is 0.0390. The van der Waals surface area contributed by atoms with Gasteiger partial charge in [0, 0.05) is 30.8 Å². The van der Waals surface area contributed by atoms with Gasteiger partial charge in [-0.2, -0.15) is 0 Å². The summed E-state index contributed by atoms with van der Waals surface area (Å²) in [6.45, 7) is 8.49. The van der Waals surface area contributed by atoms with Gasteiger partial charge in [0.05, 0.1) is 16.7 Å². The Morgan fingerprint density at radius 2 is 1.76 bits per heavy atom. The Bertz CT molecular complexity index is 1160. The van der Waals surface area contributed by atoms with Gasteiger partial charge in [0.1, 0.15) is 0 Å². The summed E-state index contributed by atoms with van der Waals surface area (Å²) in [5, 5.41) is 13.9. The number of amides is 4. The first kappa shape index (κ1) is 23.4. The summed E-state index contributed by atoms with van der Waals surface area (Å²) in [5.41, 5.74) is -0.0691. The van der Waals surface area contributed by atoms with Crippen LogP contribution in [0.15, 0.2) is 48.5 Å². The largest absolute Gasteiger partial charge is 0.366 e. The van der Waals surface area contributed by atoms with Crippen molar-refractivity contribution in [3.05, 3.63) is 64.2 Å². The molecule has 0 saturated carbocycles. The molecule has 4 amide bonds. The third kappa shape index (κ3) is 3.61. The van der Waals surface area contributed by atoms with E-state index in [1.54, 1.807) is 36.4 Å². The van der Waals surface area contributed by atoms with Crippen LogP contribution in [-0.4, -0.2) is 35.4 Å². The van der Waals surface area contributed by atoms with Gasteiger partial charge in [-0.3, -0.25) is 25.0 Å². The molecule has 0 radical (unpaired) electrons. The van der Waals surface area contributed by atoms with E-state index in [2.05, 4.69) is 5.32 Å². The lowest BCUT2D eigenvalue weighted by atomic mass is 9.65. The predicted octanol–water partition coefficient (Wildman–Crippen LogP) is 3.91. The van der Waals surface area contributed by atoms with Crippen molar-refractivity contribution in [1.82, 2.24) is 5.32 Å². The maximum absolute atomic E-state index is 14.2. The third-order valence-corrected chi connectivity index (χ3v) is 6.51. The number of rotatable bonds is 5. The number of nitrogens with zero attached hydrogens (tertiary/aromatic N) is 3. The second-order valence-electron chi connectivity index (χ2n) is 9.69. The Hall–Kier alpha value is -3.75. The highest BCUT2D eigenvalue weighted by atomic mass is 16.6. The van der Waals surface area contributed by atoms with E-state index in [4.69, 9.17) is 0 Å². The van der Waals surface area contributed by atoms with Crippen LogP contribution in [0.2, 0.25) is 0 Å². The van der Waals surface area contributed by atoms with Gasteiger partial charge in [-0.15, -0.1) is 0 Å². The number of para-hydroxylation sites is 1. The number of fused-ring (bicyclic) bond motifs is 1. The van der Waals surface area contributed by atoms with Gasteiger partial charge in [0.25, 0.3) is 11.6 Å². The number of nitrogens with one attached hydrogen (secondary N) is 1. The molecule has 2 aromatic carbocycles. The molecule has 1 saturated heterocycles. The minimum atomic E-state index is -1.63. The summed E-state index contributed by atoms with van der Waals surface area (Å²) >= 11 is 0. The lowest BCUT2D eigenvalue weighted by Crippen LogP contribution is -2.73. The molecule has 4 rings (SSSR count). The number of hydrogen-bond donors (Lipinski definition) is 1. The van der Waals surface area contributed by atoms with Crippen LogP contribution in [0.4, 0.5) is 21.9 Å². The molecule has 2 aliphatic rings. The molecule has 0 bridgehead atoms. The van der Waals surface area contributed by atoms with Crippen molar-refractivity contribution in [3.63, 3.8) is 0 Å². The van der Waals surface area contributed by atoms with E-state index in [0.29, 0.717) is 17.8 Å². The number of carbonyl (C=O) groups excluding carboxylic acids is 3. The smallest absolute Gasteiger partial charge is 0.335 e. The summed E-state index contributed by atoms with van der Waals surface area (Å²) in [5.74, 6) is -1.23. The number of anilines is 2. The van der Waals surface area contributed by atoms with Gasteiger partial charge in [0.15, 0.2) is 5.41 Å². The van der Waals surface area contributed by atoms with Crippen LogP contribution in [0.3, 0.4) is 0 Å². The predicted molar refractivity (Wildman–Crippen MR) is 128 cm³/mol. The lowest BCUT2D eigenvalue weighted by molar-refractivity contribution is -0.384. The van der Waals surface area contributed by atoms with Crippen LogP contribution in [0, 0.1) is 27.4 Å². The highest BCUT2D eigenvalue weighted by molar-refractivity contribution is 6.30. The number of benzene rings is 2. The maximum atomic E-state index is 14.2. The van der Waals surface area contributed by atoms with Crippen molar-refractivity contribution in [2.75, 3.05) is 16.3 Å². The molecule has 1 fully saturated rings. The molecule has 9 heteroatoms. The zero-order valence-electron chi connectivity index (χ0n) is 19.6. The van der Waals surface area contributed by atoms with Crippen LogP contribution in [0.5, 0.6) is 0 Å². The second-order valence-corrected chi connectivity index (χ2v) is 9.69. The topological polar surface area (TPSA) is 113 Å². The number of carbonyl (C=O) groups is 3. The Kier molecular flexibility index (Phi) is 5.89. The van der Waals surface area contributed by atoms with Gasteiger partial charge in [-0.1, -0.05) is 45.9 Å². The van der Waals surface area contributed by atoms with E-state index in [1.165, 1.54) is 12.1 Å². The molecule has 9 nitrogen and oxygen atoms in total. The highest BCUT2D eigenvalue weighted by Crippen LogP contribution is 2.48. The summed E-state index contributed by atoms with van der Waals surface area (Å²) in [6.07, 6.45) is -0.0390. The van der Waals surface area contributed by atoms with E-state index >= 15 is 0 Å². The first-order valence-electron chi connectivity index (χ1n) is 11.4. The maximum Gasteiger partial charge on any atom is 0.335 e. The normalized spacial score (nSPS) is 22.4. The van der Waals surface area contributed by atoms with Crippen molar-refractivity contribution in [2.24, 2.45) is 17.3 Å². The fourth-order valence-corrected chi connectivity index (χ4v) is 5.34. The quantitative estimate of drug-likeness (QED) is 0.408. The van der Waals surface area contributed by atoms with Gasteiger partial charge >= 0.3 is 6.03 Å². The van der Waals surface area contributed by atoms with Gasteiger partial charge in [-0.25, -0.2) is 9.69 Å². The monoisotopic (exact) mass is 464 g/mol. The average molecular weight is 465 g/mol. The second kappa shape index (κ2) is 8.55. The number of barbiturate groups is 1. The van der Waals surface area contributed by atoms with Crippen LogP contribution in [0.1, 0.15) is 33.3 Å². The first-order valence-corrected chi connectivity index (χ1v) is 11.4. The molecular formula is C25H28N4O5. The third-order valence-electron chi connectivity index (χ3n) is 6.51.